The molecule has 1 aliphatic heterocycles. The highest BCUT2D eigenvalue weighted by molar-refractivity contribution is 5.93. The zero-order valence-electron chi connectivity index (χ0n) is 13.9. The quantitative estimate of drug-likeness (QED) is 0.860. The molecule has 0 bridgehead atoms. The number of benzene rings is 2. The van der Waals surface area contributed by atoms with Crippen molar-refractivity contribution in [1.29, 1.82) is 0 Å². The average Bonchev–Trinajstić information content (AvgIpc) is 2.61. The molecule has 1 heterocycles. The molecule has 1 unspecified atom stereocenters. The first-order chi connectivity index (χ1) is 11.2. The smallest absolute Gasteiger partial charge is 0.226 e. The molecule has 2 aromatic carbocycles. The van der Waals surface area contributed by atoms with Gasteiger partial charge in [0.25, 0.3) is 0 Å². The number of hydrogen-bond donors (Lipinski definition) is 0. The Kier molecular flexibility index (Phi) is 4.77. The van der Waals surface area contributed by atoms with E-state index in [1.54, 1.807) is 0 Å². The van der Waals surface area contributed by atoms with Crippen LogP contribution in [0.2, 0.25) is 0 Å². The topological polar surface area (TPSA) is 23.6 Å². The number of para-hydroxylation sites is 1. The van der Waals surface area contributed by atoms with Crippen molar-refractivity contribution < 1.29 is 4.79 Å². The van der Waals surface area contributed by atoms with Crippen LogP contribution in [-0.4, -0.2) is 30.9 Å². The molecule has 23 heavy (non-hydrogen) atoms. The summed E-state index contributed by atoms with van der Waals surface area (Å²) in [6.07, 6.45) is 1.60. The van der Waals surface area contributed by atoms with Crippen molar-refractivity contribution in [3.8, 4) is 0 Å². The summed E-state index contributed by atoms with van der Waals surface area (Å²) in [5, 5.41) is 0. The fourth-order valence-electron chi connectivity index (χ4n) is 3.34. The summed E-state index contributed by atoms with van der Waals surface area (Å²) in [5.41, 5.74) is 3.74. The summed E-state index contributed by atoms with van der Waals surface area (Å²) in [5.74, 6) is 0.174. The molecule has 3 heteroatoms. The van der Waals surface area contributed by atoms with Gasteiger partial charge in [-0.1, -0.05) is 49.4 Å². The molecule has 0 radical (unpaired) electrons. The molecule has 3 nitrogen and oxygen atoms in total. The van der Waals surface area contributed by atoms with Gasteiger partial charge in [-0.25, -0.2) is 0 Å². The highest BCUT2D eigenvalue weighted by atomic mass is 16.2. The largest absolute Gasteiger partial charge is 0.311 e. The molecule has 3 rings (SSSR count). The lowest BCUT2D eigenvalue weighted by molar-refractivity contribution is -0.118. The van der Waals surface area contributed by atoms with E-state index in [1.165, 1.54) is 11.1 Å². The zero-order valence-corrected chi connectivity index (χ0v) is 13.9. The van der Waals surface area contributed by atoms with E-state index in [4.69, 9.17) is 0 Å². The van der Waals surface area contributed by atoms with Crippen LogP contribution in [0.25, 0.3) is 0 Å². The van der Waals surface area contributed by atoms with Gasteiger partial charge in [0.1, 0.15) is 0 Å². The van der Waals surface area contributed by atoms with Crippen molar-refractivity contribution >= 4 is 11.6 Å². The highest BCUT2D eigenvalue weighted by Gasteiger charge is 2.28. The first-order valence-corrected chi connectivity index (χ1v) is 8.34. The molecule has 0 aromatic heterocycles. The Morgan fingerprint density at radius 3 is 2.57 bits per heavy atom. The van der Waals surface area contributed by atoms with E-state index in [0.29, 0.717) is 13.0 Å². The summed E-state index contributed by atoms with van der Waals surface area (Å²) in [7, 11) is 2.15. The van der Waals surface area contributed by atoms with Gasteiger partial charge in [-0.2, -0.15) is 0 Å². The Morgan fingerprint density at radius 1 is 1.13 bits per heavy atom. The van der Waals surface area contributed by atoms with E-state index in [2.05, 4.69) is 36.2 Å². The molecule has 1 aliphatic rings. The van der Waals surface area contributed by atoms with E-state index < -0.39 is 0 Å². The van der Waals surface area contributed by atoms with Gasteiger partial charge in [0.2, 0.25) is 5.91 Å². The molecule has 0 saturated carbocycles. The normalized spacial score (nSPS) is 17.6. The van der Waals surface area contributed by atoms with Crippen LogP contribution in [0, 0.1) is 0 Å². The number of anilines is 1. The Labute approximate surface area is 138 Å². The minimum atomic E-state index is 0.174. The Morgan fingerprint density at radius 2 is 1.83 bits per heavy atom. The molecule has 2 aromatic rings. The standard InChI is InChI=1S/C20H24N2O/c1-3-20(23)22(17-10-5-4-6-11-17)15-19-18-12-8-7-9-16(18)13-14-21(19)2/h4-12,19H,3,13-15H2,1-2H3. The van der Waals surface area contributed by atoms with Crippen molar-refractivity contribution in [2.45, 2.75) is 25.8 Å². The van der Waals surface area contributed by atoms with E-state index in [-0.39, 0.29) is 11.9 Å². The van der Waals surface area contributed by atoms with Crippen molar-refractivity contribution in [2.24, 2.45) is 0 Å². The van der Waals surface area contributed by atoms with Gasteiger partial charge < -0.3 is 4.90 Å². The monoisotopic (exact) mass is 308 g/mol. The second-order valence-electron chi connectivity index (χ2n) is 6.14. The number of rotatable bonds is 4. The number of likely N-dealkylation sites (N-methyl/N-ethyl adjacent to an activating group) is 1. The second-order valence-corrected chi connectivity index (χ2v) is 6.14. The molecule has 1 amide bonds. The minimum Gasteiger partial charge on any atom is -0.311 e. The van der Waals surface area contributed by atoms with E-state index in [0.717, 1.165) is 18.7 Å². The maximum atomic E-state index is 12.5. The third kappa shape index (κ3) is 3.30. The lowest BCUT2D eigenvalue weighted by Crippen LogP contribution is -2.42. The van der Waals surface area contributed by atoms with Crippen LogP contribution in [-0.2, 0) is 11.2 Å². The minimum absolute atomic E-state index is 0.174. The predicted molar refractivity (Wildman–Crippen MR) is 94.6 cm³/mol. The molecular formula is C20H24N2O. The molecule has 1 atom stereocenters. The maximum Gasteiger partial charge on any atom is 0.226 e. The van der Waals surface area contributed by atoms with Crippen LogP contribution in [0.4, 0.5) is 5.69 Å². The van der Waals surface area contributed by atoms with Crippen molar-refractivity contribution in [3.05, 3.63) is 65.7 Å². The number of fused-ring (bicyclic) bond motifs is 1. The lowest BCUT2D eigenvalue weighted by Gasteiger charge is -2.38. The number of carbonyl (C=O) groups is 1. The first-order valence-electron chi connectivity index (χ1n) is 8.34. The first kappa shape index (κ1) is 15.8. The summed E-state index contributed by atoms with van der Waals surface area (Å²) in [4.78, 5) is 16.8. The summed E-state index contributed by atoms with van der Waals surface area (Å²) in [6.45, 7) is 3.66. The number of amides is 1. The average molecular weight is 308 g/mol. The number of carbonyl (C=O) groups excluding carboxylic acids is 1. The van der Waals surface area contributed by atoms with Crippen LogP contribution >= 0.6 is 0 Å². The summed E-state index contributed by atoms with van der Waals surface area (Å²) < 4.78 is 0. The zero-order chi connectivity index (χ0) is 16.2. The van der Waals surface area contributed by atoms with Gasteiger partial charge in [0, 0.05) is 25.2 Å². The van der Waals surface area contributed by atoms with Crippen LogP contribution in [0.3, 0.4) is 0 Å². The third-order valence-corrected chi connectivity index (χ3v) is 4.71. The predicted octanol–water partition coefficient (Wildman–Crippen LogP) is 3.66. The Bertz CT molecular complexity index is 668. The van der Waals surface area contributed by atoms with Gasteiger partial charge in [-0.05, 0) is 36.7 Å². The molecule has 0 spiro atoms. The number of nitrogens with zero attached hydrogens (tertiary/aromatic N) is 2. The highest BCUT2D eigenvalue weighted by Crippen LogP contribution is 2.30. The summed E-state index contributed by atoms with van der Waals surface area (Å²) >= 11 is 0. The van der Waals surface area contributed by atoms with Crippen molar-refractivity contribution in [3.63, 3.8) is 0 Å². The van der Waals surface area contributed by atoms with Gasteiger partial charge in [0.15, 0.2) is 0 Å². The maximum absolute atomic E-state index is 12.5. The molecule has 0 fully saturated rings. The molecule has 120 valence electrons. The van der Waals surface area contributed by atoms with Gasteiger partial charge in [-0.3, -0.25) is 9.69 Å². The third-order valence-electron chi connectivity index (χ3n) is 4.71. The molecule has 0 saturated heterocycles. The van der Waals surface area contributed by atoms with Gasteiger partial charge in [-0.15, -0.1) is 0 Å². The fourth-order valence-corrected chi connectivity index (χ4v) is 3.34. The van der Waals surface area contributed by atoms with Crippen LogP contribution in [0.5, 0.6) is 0 Å². The Hall–Kier alpha value is -2.13. The Balaban J connectivity index is 1.92. The van der Waals surface area contributed by atoms with Crippen LogP contribution in [0.1, 0.15) is 30.5 Å². The molecular weight excluding hydrogens is 284 g/mol. The van der Waals surface area contributed by atoms with Crippen molar-refractivity contribution in [2.75, 3.05) is 25.0 Å². The van der Waals surface area contributed by atoms with Gasteiger partial charge >= 0.3 is 0 Å². The molecule has 0 N–H and O–H groups in total. The lowest BCUT2D eigenvalue weighted by atomic mass is 9.92. The SMILES string of the molecule is CCC(=O)N(CC1c2ccccc2CCN1C)c1ccccc1. The van der Waals surface area contributed by atoms with E-state index in [1.807, 2.05) is 42.2 Å². The van der Waals surface area contributed by atoms with Crippen molar-refractivity contribution in [1.82, 2.24) is 4.90 Å². The molecule has 0 aliphatic carbocycles. The summed E-state index contributed by atoms with van der Waals surface area (Å²) in [6, 6.07) is 18.9. The van der Waals surface area contributed by atoms with Crippen LogP contribution < -0.4 is 4.90 Å². The van der Waals surface area contributed by atoms with Crippen LogP contribution in [0.15, 0.2) is 54.6 Å². The van der Waals surface area contributed by atoms with E-state index in [9.17, 15) is 4.79 Å². The van der Waals surface area contributed by atoms with E-state index >= 15 is 0 Å². The number of hydrogen-bond acceptors (Lipinski definition) is 2. The fraction of sp³-hybridized carbons (Fsp3) is 0.350. The van der Waals surface area contributed by atoms with Gasteiger partial charge in [0.05, 0.1) is 6.04 Å². The second kappa shape index (κ2) is 6.97.